The molecule has 1 saturated heterocycles. The molecule has 0 spiro atoms. The lowest BCUT2D eigenvalue weighted by atomic mass is 10.1. The zero-order chi connectivity index (χ0) is 22.6. The molecule has 1 aliphatic heterocycles. The van der Waals surface area contributed by atoms with Crippen molar-refractivity contribution in [2.45, 2.75) is 26.8 Å². The molecule has 3 heterocycles. The van der Waals surface area contributed by atoms with Crippen LogP contribution in [0.4, 0.5) is 17.5 Å². The van der Waals surface area contributed by atoms with E-state index < -0.39 is 0 Å². The van der Waals surface area contributed by atoms with Crippen LogP contribution >= 0.6 is 0 Å². The molecule has 7 heteroatoms. The first-order valence-electron chi connectivity index (χ1n) is 11.9. The summed E-state index contributed by atoms with van der Waals surface area (Å²) in [5, 5.41) is 9.41. The lowest BCUT2D eigenvalue weighted by Crippen LogP contribution is -2.37. The van der Waals surface area contributed by atoms with E-state index in [1.165, 1.54) is 21.8 Å². The third-order valence-corrected chi connectivity index (χ3v) is 6.25. The minimum atomic E-state index is 0.670. The van der Waals surface area contributed by atoms with Crippen molar-refractivity contribution in [1.82, 2.24) is 19.4 Å². The number of hydrogen-bond acceptors (Lipinski definition) is 6. The Morgan fingerprint density at radius 1 is 0.970 bits per heavy atom. The molecule has 0 unspecified atom stereocenters. The van der Waals surface area contributed by atoms with Crippen molar-refractivity contribution in [2.75, 3.05) is 50.0 Å². The minimum absolute atomic E-state index is 0.670. The Hall–Kier alpha value is -3.16. The number of fused-ring (bicyclic) bond motifs is 3. The number of rotatable bonds is 8. The van der Waals surface area contributed by atoms with Gasteiger partial charge in [-0.2, -0.15) is 4.98 Å². The fourth-order valence-electron chi connectivity index (χ4n) is 4.66. The van der Waals surface area contributed by atoms with Gasteiger partial charge < -0.3 is 19.9 Å². The van der Waals surface area contributed by atoms with Gasteiger partial charge in [-0.25, -0.2) is 4.98 Å². The van der Waals surface area contributed by atoms with E-state index in [1.807, 2.05) is 13.0 Å². The molecule has 2 aromatic heterocycles. The van der Waals surface area contributed by atoms with Crippen LogP contribution in [0.3, 0.4) is 0 Å². The molecule has 172 valence electrons. The summed E-state index contributed by atoms with van der Waals surface area (Å²) in [7, 11) is 0. The van der Waals surface area contributed by atoms with Crippen LogP contribution in [0.15, 0.2) is 48.5 Å². The predicted molar refractivity (Wildman–Crippen MR) is 136 cm³/mol. The number of hydrogen-bond donors (Lipinski definition) is 2. The topological polar surface area (TPSA) is 67.2 Å². The highest BCUT2D eigenvalue weighted by Gasteiger charge is 2.11. The Morgan fingerprint density at radius 3 is 2.64 bits per heavy atom. The van der Waals surface area contributed by atoms with Gasteiger partial charge in [-0.3, -0.25) is 4.90 Å². The van der Waals surface area contributed by atoms with Gasteiger partial charge in [-0.1, -0.05) is 18.2 Å². The summed E-state index contributed by atoms with van der Waals surface area (Å²) in [5.74, 6) is 1.47. The van der Waals surface area contributed by atoms with E-state index in [1.54, 1.807) is 0 Å². The molecule has 2 aromatic carbocycles. The zero-order valence-corrected chi connectivity index (χ0v) is 19.5. The third-order valence-electron chi connectivity index (χ3n) is 6.25. The van der Waals surface area contributed by atoms with Crippen LogP contribution < -0.4 is 10.6 Å². The van der Waals surface area contributed by atoms with Crippen molar-refractivity contribution in [1.29, 1.82) is 0 Å². The average Bonchev–Trinajstić information content (AvgIpc) is 3.15. The lowest BCUT2D eigenvalue weighted by Gasteiger charge is -2.26. The van der Waals surface area contributed by atoms with Crippen LogP contribution in [0.25, 0.3) is 21.8 Å². The molecule has 7 nitrogen and oxygen atoms in total. The average molecular weight is 445 g/mol. The Bertz CT molecular complexity index is 1240. The normalized spacial score (nSPS) is 14.7. The van der Waals surface area contributed by atoms with Gasteiger partial charge in [0.05, 0.1) is 13.2 Å². The van der Waals surface area contributed by atoms with Crippen molar-refractivity contribution in [3.63, 3.8) is 0 Å². The minimum Gasteiger partial charge on any atom is -0.379 e. The highest BCUT2D eigenvalue weighted by Crippen LogP contribution is 2.31. The van der Waals surface area contributed by atoms with Gasteiger partial charge in [0.1, 0.15) is 5.82 Å². The number of morpholine rings is 1. The molecule has 0 saturated carbocycles. The molecule has 33 heavy (non-hydrogen) atoms. The van der Waals surface area contributed by atoms with E-state index in [0.717, 1.165) is 69.6 Å². The van der Waals surface area contributed by atoms with E-state index in [9.17, 15) is 0 Å². The first-order chi connectivity index (χ1) is 16.2. The maximum absolute atomic E-state index is 5.42. The fourth-order valence-corrected chi connectivity index (χ4v) is 4.66. The standard InChI is InChI=1S/C26H32N6O/c1-3-32-23-8-5-4-7-21(23)22-18-20(9-10-24(22)32)29-25-17-19(2)28-26(30-25)27-11-6-12-31-13-15-33-16-14-31/h4-5,7-10,17-18H,3,6,11-16H2,1-2H3,(H2,27,28,29,30). The van der Waals surface area contributed by atoms with Gasteiger partial charge in [-0.15, -0.1) is 0 Å². The lowest BCUT2D eigenvalue weighted by molar-refractivity contribution is 0.0378. The van der Waals surface area contributed by atoms with Crippen molar-refractivity contribution < 1.29 is 4.74 Å². The largest absolute Gasteiger partial charge is 0.379 e. The summed E-state index contributed by atoms with van der Waals surface area (Å²) in [6.07, 6.45) is 1.05. The number of anilines is 3. The SMILES string of the molecule is CCn1c2ccccc2c2cc(Nc3cc(C)nc(NCCCN4CCOCC4)n3)ccc21. The van der Waals surface area contributed by atoms with Crippen molar-refractivity contribution in [2.24, 2.45) is 0 Å². The second-order valence-electron chi connectivity index (χ2n) is 8.57. The zero-order valence-electron chi connectivity index (χ0n) is 19.5. The quantitative estimate of drug-likeness (QED) is 0.381. The fraction of sp³-hybridized carbons (Fsp3) is 0.385. The second-order valence-corrected chi connectivity index (χ2v) is 8.57. The van der Waals surface area contributed by atoms with E-state index >= 15 is 0 Å². The van der Waals surface area contributed by atoms with E-state index in [-0.39, 0.29) is 0 Å². The van der Waals surface area contributed by atoms with Gasteiger partial charge in [0.25, 0.3) is 0 Å². The summed E-state index contributed by atoms with van der Waals surface area (Å²) in [4.78, 5) is 11.7. The second kappa shape index (κ2) is 9.77. The summed E-state index contributed by atoms with van der Waals surface area (Å²) >= 11 is 0. The number of benzene rings is 2. The molecule has 1 fully saturated rings. The Morgan fingerprint density at radius 2 is 1.79 bits per heavy atom. The molecule has 0 amide bonds. The van der Waals surface area contributed by atoms with E-state index in [0.29, 0.717) is 5.95 Å². The van der Waals surface area contributed by atoms with E-state index in [4.69, 9.17) is 9.72 Å². The molecule has 0 aliphatic carbocycles. The summed E-state index contributed by atoms with van der Waals surface area (Å²) < 4.78 is 7.78. The molecular weight excluding hydrogens is 412 g/mol. The third kappa shape index (κ3) is 4.79. The Kier molecular flexibility index (Phi) is 6.41. The van der Waals surface area contributed by atoms with Crippen molar-refractivity contribution in [3.05, 3.63) is 54.2 Å². The molecule has 0 bridgehead atoms. The molecule has 5 rings (SSSR count). The number of nitrogens with zero attached hydrogens (tertiary/aromatic N) is 4. The Labute approximate surface area is 194 Å². The molecule has 4 aromatic rings. The molecular formula is C26H32N6O. The van der Waals surface area contributed by atoms with Gasteiger partial charge in [0.15, 0.2) is 0 Å². The number of ether oxygens (including phenoxy) is 1. The van der Waals surface area contributed by atoms with Crippen molar-refractivity contribution in [3.8, 4) is 0 Å². The highest BCUT2D eigenvalue weighted by atomic mass is 16.5. The van der Waals surface area contributed by atoms with Crippen LogP contribution in [0.1, 0.15) is 19.0 Å². The van der Waals surface area contributed by atoms with Gasteiger partial charge in [0.2, 0.25) is 5.95 Å². The summed E-state index contributed by atoms with van der Waals surface area (Å²) in [6, 6.07) is 17.1. The maximum Gasteiger partial charge on any atom is 0.224 e. The molecule has 0 atom stereocenters. The van der Waals surface area contributed by atoms with Crippen LogP contribution in [0, 0.1) is 6.92 Å². The number of para-hydroxylation sites is 1. The molecule has 0 radical (unpaired) electrons. The van der Waals surface area contributed by atoms with Crippen LogP contribution in [0.5, 0.6) is 0 Å². The predicted octanol–water partition coefficient (Wildman–Crippen LogP) is 4.79. The van der Waals surface area contributed by atoms with Gasteiger partial charge in [-0.05, 0) is 51.1 Å². The van der Waals surface area contributed by atoms with Crippen LogP contribution in [-0.2, 0) is 11.3 Å². The first-order valence-corrected chi connectivity index (χ1v) is 11.9. The summed E-state index contributed by atoms with van der Waals surface area (Å²) in [5.41, 5.74) is 4.49. The number of aromatic nitrogens is 3. The van der Waals surface area contributed by atoms with Gasteiger partial charge >= 0.3 is 0 Å². The molecule has 2 N–H and O–H groups in total. The molecule has 1 aliphatic rings. The van der Waals surface area contributed by atoms with Crippen LogP contribution in [0.2, 0.25) is 0 Å². The summed E-state index contributed by atoms with van der Waals surface area (Å²) in [6.45, 7) is 10.8. The highest BCUT2D eigenvalue weighted by molar-refractivity contribution is 6.09. The maximum atomic E-state index is 5.42. The monoisotopic (exact) mass is 444 g/mol. The smallest absolute Gasteiger partial charge is 0.224 e. The van der Waals surface area contributed by atoms with Gasteiger partial charge in [0, 0.05) is 65.4 Å². The number of aryl methyl sites for hydroxylation is 2. The first kappa shape index (κ1) is 21.7. The van der Waals surface area contributed by atoms with Crippen molar-refractivity contribution >= 4 is 39.3 Å². The van der Waals surface area contributed by atoms with E-state index in [2.05, 4.69) is 74.5 Å². The van der Waals surface area contributed by atoms with Crippen LogP contribution in [-0.4, -0.2) is 58.8 Å². The Balaban J connectivity index is 1.29. The number of nitrogens with one attached hydrogen (secondary N) is 2.